The van der Waals surface area contributed by atoms with Crippen molar-refractivity contribution in [1.29, 1.82) is 0 Å². The molecule has 0 atom stereocenters. The molecule has 10 heteroatoms. The number of nitrogens with zero attached hydrogens (tertiary/aromatic N) is 7. The van der Waals surface area contributed by atoms with Gasteiger partial charge in [-0.25, -0.2) is 4.98 Å². The second kappa shape index (κ2) is 11.8. The largest absolute Gasteiger partial charge is 0.463 e. The highest BCUT2D eigenvalue weighted by molar-refractivity contribution is 5.90. The number of fused-ring (bicyclic) bond motifs is 2. The lowest BCUT2D eigenvalue weighted by atomic mass is 10.0. The first-order valence-corrected chi connectivity index (χ1v) is 14.7. The number of carbonyl (C=O) groups excluding carboxylic acids is 1. The Balaban J connectivity index is 1.23. The van der Waals surface area contributed by atoms with Gasteiger partial charge in [0.05, 0.1) is 36.4 Å². The van der Waals surface area contributed by atoms with E-state index in [4.69, 9.17) is 14.7 Å². The summed E-state index contributed by atoms with van der Waals surface area (Å²) in [5, 5.41) is 0. The summed E-state index contributed by atoms with van der Waals surface area (Å²) in [6.45, 7) is 14.1. The molecule has 0 spiro atoms. The van der Waals surface area contributed by atoms with Gasteiger partial charge in [-0.05, 0) is 63.4 Å². The summed E-state index contributed by atoms with van der Waals surface area (Å²) in [6.07, 6.45) is 8.90. The number of carbonyl (C=O) groups is 1. The zero-order valence-corrected chi connectivity index (χ0v) is 23.6. The van der Waals surface area contributed by atoms with Gasteiger partial charge in [-0.2, -0.15) is 9.97 Å². The van der Waals surface area contributed by atoms with Gasteiger partial charge in [-0.3, -0.25) is 4.79 Å². The maximum Gasteiger partial charge on any atom is 0.318 e. The van der Waals surface area contributed by atoms with Crippen LogP contribution in [0.1, 0.15) is 42.5 Å². The van der Waals surface area contributed by atoms with E-state index in [0.717, 1.165) is 67.3 Å². The summed E-state index contributed by atoms with van der Waals surface area (Å²) in [5.41, 5.74) is 6.60. The van der Waals surface area contributed by atoms with Gasteiger partial charge in [0.25, 0.3) is 0 Å². The van der Waals surface area contributed by atoms with Gasteiger partial charge in [-0.1, -0.05) is 19.1 Å². The number of amides is 1. The molecule has 3 aliphatic rings. The number of nitrogens with one attached hydrogen (secondary N) is 1. The summed E-state index contributed by atoms with van der Waals surface area (Å²) in [6, 6.07) is 4.69. The second-order valence-corrected chi connectivity index (χ2v) is 11.1. The van der Waals surface area contributed by atoms with E-state index in [1.54, 1.807) is 6.33 Å². The Hall–Kier alpha value is -3.66. The number of aryl methyl sites for hydroxylation is 1. The molecule has 2 saturated heterocycles. The van der Waals surface area contributed by atoms with Crippen LogP contribution in [0, 0.1) is 6.92 Å². The Morgan fingerprint density at radius 1 is 1.05 bits per heavy atom. The number of anilines is 2. The van der Waals surface area contributed by atoms with E-state index in [0.29, 0.717) is 32.3 Å². The number of hydrogen-bond acceptors (Lipinski definition) is 8. The van der Waals surface area contributed by atoms with Crippen LogP contribution in [-0.4, -0.2) is 94.6 Å². The highest BCUT2D eigenvalue weighted by atomic mass is 16.5. The molecule has 1 N–H and O–H groups in total. The summed E-state index contributed by atoms with van der Waals surface area (Å²) < 4.78 is 6.20. The van der Waals surface area contributed by atoms with E-state index in [1.165, 1.54) is 49.6 Å². The number of benzene rings is 1. The molecule has 0 radical (unpaired) electrons. The van der Waals surface area contributed by atoms with Crippen molar-refractivity contribution < 1.29 is 9.53 Å². The van der Waals surface area contributed by atoms with Crippen LogP contribution < -0.4 is 14.5 Å². The minimum Gasteiger partial charge on any atom is -0.463 e. The van der Waals surface area contributed by atoms with Crippen LogP contribution in [-0.2, 0) is 17.8 Å². The normalized spacial score (nSPS) is 18.2. The lowest BCUT2D eigenvalue weighted by Crippen LogP contribution is -2.49. The van der Waals surface area contributed by atoms with E-state index in [9.17, 15) is 4.79 Å². The van der Waals surface area contributed by atoms with Gasteiger partial charge in [-0.15, -0.1) is 0 Å². The predicted molar refractivity (Wildman–Crippen MR) is 157 cm³/mol. The third-order valence-corrected chi connectivity index (χ3v) is 8.47. The summed E-state index contributed by atoms with van der Waals surface area (Å²) >= 11 is 0. The Labute approximate surface area is 236 Å². The number of likely N-dealkylation sites (tertiary alicyclic amines) is 1. The fourth-order valence-electron chi connectivity index (χ4n) is 6.30. The highest BCUT2D eigenvalue weighted by Gasteiger charge is 2.29. The number of H-pyrrole nitrogens is 1. The van der Waals surface area contributed by atoms with Crippen LogP contribution in [0.25, 0.3) is 11.0 Å². The fourth-order valence-corrected chi connectivity index (χ4v) is 6.30. The summed E-state index contributed by atoms with van der Waals surface area (Å²) in [7, 11) is 0. The molecule has 2 fully saturated rings. The molecule has 0 bridgehead atoms. The average molecular weight is 545 g/mol. The number of piperidine rings is 1. The van der Waals surface area contributed by atoms with Crippen molar-refractivity contribution in [1.82, 2.24) is 29.7 Å². The Morgan fingerprint density at radius 3 is 2.67 bits per heavy atom. The molecule has 3 aromatic rings. The van der Waals surface area contributed by atoms with Crippen molar-refractivity contribution in [3.8, 4) is 6.01 Å². The number of hydrogen-bond donors (Lipinski definition) is 1. The SMILES string of the molecule is C=CC(=O)N1CCN(c2nc(OCCCN3CCCCC3)nc3c2CCN(c2c(C)ccc4[nH]cnc24)C3)CC1. The first-order chi connectivity index (χ1) is 19.6. The van der Waals surface area contributed by atoms with E-state index in [2.05, 4.69) is 50.3 Å². The van der Waals surface area contributed by atoms with Gasteiger partial charge >= 0.3 is 6.01 Å². The monoisotopic (exact) mass is 544 g/mol. The number of piperazine rings is 1. The fraction of sp³-hybridized carbons (Fsp3) is 0.533. The number of aromatic nitrogens is 4. The maximum absolute atomic E-state index is 12.2. The number of imidazole rings is 1. The van der Waals surface area contributed by atoms with Gasteiger partial charge in [0.15, 0.2) is 0 Å². The van der Waals surface area contributed by atoms with Crippen LogP contribution >= 0.6 is 0 Å². The smallest absolute Gasteiger partial charge is 0.318 e. The van der Waals surface area contributed by atoms with Crippen molar-refractivity contribution >= 4 is 28.4 Å². The third-order valence-electron chi connectivity index (χ3n) is 8.47. The van der Waals surface area contributed by atoms with Crippen molar-refractivity contribution in [2.24, 2.45) is 0 Å². The van der Waals surface area contributed by atoms with Gasteiger partial charge in [0.1, 0.15) is 11.3 Å². The van der Waals surface area contributed by atoms with Crippen molar-refractivity contribution in [2.75, 3.05) is 68.8 Å². The summed E-state index contributed by atoms with van der Waals surface area (Å²) in [5.74, 6) is 0.941. The average Bonchev–Trinajstić information content (AvgIpc) is 3.47. The van der Waals surface area contributed by atoms with Crippen LogP contribution in [0.3, 0.4) is 0 Å². The Morgan fingerprint density at radius 2 is 1.88 bits per heavy atom. The highest BCUT2D eigenvalue weighted by Crippen LogP contribution is 2.35. The molecule has 212 valence electrons. The van der Waals surface area contributed by atoms with Gasteiger partial charge in [0, 0.05) is 44.8 Å². The Kier molecular flexibility index (Phi) is 7.86. The molecule has 10 nitrogen and oxygen atoms in total. The summed E-state index contributed by atoms with van der Waals surface area (Å²) in [4.78, 5) is 39.0. The van der Waals surface area contributed by atoms with E-state index >= 15 is 0 Å². The molecule has 1 amide bonds. The Bertz CT molecular complexity index is 1360. The van der Waals surface area contributed by atoms with Gasteiger partial charge < -0.3 is 29.3 Å². The molecule has 0 unspecified atom stereocenters. The second-order valence-electron chi connectivity index (χ2n) is 11.1. The molecule has 2 aromatic heterocycles. The van der Waals surface area contributed by atoms with Crippen molar-refractivity contribution in [3.05, 3.63) is 47.9 Å². The van der Waals surface area contributed by atoms with E-state index in [1.807, 2.05) is 4.90 Å². The zero-order chi connectivity index (χ0) is 27.5. The van der Waals surface area contributed by atoms with Crippen LogP contribution in [0.4, 0.5) is 11.5 Å². The van der Waals surface area contributed by atoms with Crippen molar-refractivity contribution in [3.63, 3.8) is 0 Å². The lowest BCUT2D eigenvalue weighted by molar-refractivity contribution is -0.126. The third kappa shape index (κ3) is 5.50. The van der Waals surface area contributed by atoms with E-state index in [-0.39, 0.29) is 5.91 Å². The lowest BCUT2D eigenvalue weighted by Gasteiger charge is -2.38. The maximum atomic E-state index is 12.2. The number of ether oxygens (including phenoxy) is 1. The van der Waals surface area contributed by atoms with E-state index < -0.39 is 0 Å². The molecule has 0 aliphatic carbocycles. The minimum atomic E-state index is -0.0133. The predicted octanol–water partition coefficient (Wildman–Crippen LogP) is 3.31. The topological polar surface area (TPSA) is 93.7 Å². The molecule has 6 rings (SSSR count). The molecule has 40 heavy (non-hydrogen) atoms. The molecule has 5 heterocycles. The quantitative estimate of drug-likeness (QED) is 0.341. The minimum absolute atomic E-state index is 0.0133. The first kappa shape index (κ1) is 26.6. The van der Waals surface area contributed by atoms with Crippen LogP contribution in [0.2, 0.25) is 0 Å². The molecular weight excluding hydrogens is 504 g/mol. The molecule has 0 saturated carbocycles. The van der Waals surface area contributed by atoms with Crippen LogP contribution in [0.5, 0.6) is 6.01 Å². The van der Waals surface area contributed by atoms with Gasteiger partial charge in [0.2, 0.25) is 5.91 Å². The van der Waals surface area contributed by atoms with Crippen LogP contribution in [0.15, 0.2) is 31.1 Å². The van der Waals surface area contributed by atoms with Crippen molar-refractivity contribution in [2.45, 2.75) is 45.6 Å². The number of rotatable bonds is 8. The molecule has 3 aliphatic heterocycles. The molecular formula is C30H40N8O2. The number of aromatic amines is 1. The standard InChI is InChI=1S/C30H40N8O2/c1-3-26(39)36-15-17-37(18-16-36)29-23-10-14-38(28-22(2)8-9-24-27(28)32-21-31-24)20-25(23)33-30(34-29)40-19-7-13-35-11-5-4-6-12-35/h3,8-9,21H,1,4-7,10-20H2,2H3,(H,31,32). The molecule has 1 aromatic carbocycles. The zero-order valence-electron chi connectivity index (χ0n) is 23.6. The first-order valence-electron chi connectivity index (χ1n) is 14.7.